The lowest BCUT2D eigenvalue weighted by atomic mass is 9.97. The van der Waals surface area contributed by atoms with Crippen molar-refractivity contribution in [2.75, 3.05) is 0 Å². The monoisotopic (exact) mass is 333 g/mol. The van der Waals surface area contributed by atoms with Gasteiger partial charge in [-0.3, -0.25) is 0 Å². The molecule has 0 spiro atoms. The van der Waals surface area contributed by atoms with Gasteiger partial charge in [-0.2, -0.15) is 57.1 Å². The van der Waals surface area contributed by atoms with Crippen LogP contribution >= 0.6 is 0 Å². The second-order valence-electron chi connectivity index (χ2n) is 3.34. The fourth-order valence-electron chi connectivity index (χ4n) is 0.761. The van der Waals surface area contributed by atoms with Crippen LogP contribution in [0.1, 0.15) is 0 Å². The Morgan fingerprint density at radius 1 is 0.400 bits per heavy atom. The number of alkyl halides is 13. The maximum absolute atomic E-state index is 12.4. The highest BCUT2D eigenvalue weighted by Gasteiger charge is 2.90. The molecular weight excluding hydrogens is 333 g/mol. The molecule has 0 aliphatic heterocycles. The van der Waals surface area contributed by atoms with Crippen LogP contribution in [-0.4, -0.2) is 35.9 Å². The number of hydrogen-bond donors (Lipinski definition) is 0. The zero-order valence-electron chi connectivity index (χ0n) is 8.36. The molecule has 1 nitrogen and oxygen atoms in total. The summed E-state index contributed by atoms with van der Waals surface area (Å²) in [7, 11) is 0. The Kier molecular flexibility index (Phi) is 4.07. The molecule has 0 saturated carbocycles. The van der Waals surface area contributed by atoms with E-state index < -0.39 is 35.9 Å². The zero-order valence-corrected chi connectivity index (χ0v) is 8.36. The van der Waals surface area contributed by atoms with Crippen molar-refractivity contribution < 1.29 is 57.1 Å². The molecule has 0 fully saturated rings. The molecule has 2 radical (unpaired) electrons. The van der Waals surface area contributed by atoms with Crippen LogP contribution in [0, 0.1) is 0 Å². The molecule has 0 aliphatic carbocycles. The van der Waals surface area contributed by atoms with Crippen molar-refractivity contribution in [1.29, 1.82) is 0 Å². The quantitative estimate of drug-likeness (QED) is 0.552. The van der Waals surface area contributed by atoms with Crippen LogP contribution in [-0.2, 0) is 0 Å². The Morgan fingerprint density at radius 2 is 0.650 bits per heavy atom. The minimum absolute atomic E-state index is 6.98. The number of hydrogen-bond acceptors (Lipinski definition) is 0. The van der Waals surface area contributed by atoms with Crippen molar-refractivity contribution >= 4 is 0 Å². The minimum Gasteiger partial charge on any atom is -0.192 e. The molecule has 0 rings (SSSR count). The lowest BCUT2D eigenvalue weighted by molar-refractivity contribution is -0.440. The van der Waals surface area contributed by atoms with E-state index in [9.17, 15) is 57.1 Å². The molecule has 0 atom stereocenters. The van der Waals surface area contributed by atoms with Gasteiger partial charge in [0.25, 0.3) is 0 Å². The maximum atomic E-state index is 12.4. The van der Waals surface area contributed by atoms with Crippen LogP contribution in [0.5, 0.6) is 0 Å². The Hall–Kier alpha value is -0.950. The van der Waals surface area contributed by atoms with E-state index in [1.165, 1.54) is 0 Å². The van der Waals surface area contributed by atoms with Crippen molar-refractivity contribution in [3.63, 3.8) is 0 Å². The van der Waals surface area contributed by atoms with E-state index in [-0.39, 0.29) is 0 Å². The smallest absolute Gasteiger partial charge is 0.192 e. The molecule has 0 N–H and O–H groups in total. The van der Waals surface area contributed by atoms with Gasteiger partial charge in [0.2, 0.25) is 0 Å². The Balaban J connectivity index is 6.08. The summed E-state index contributed by atoms with van der Waals surface area (Å²) in [4.78, 5) is 0. The molecule has 120 valence electrons. The van der Waals surface area contributed by atoms with E-state index in [4.69, 9.17) is 5.73 Å². The average Bonchev–Trinajstić information content (AvgIpc) is 2.12. The van der Waals surface area contributed by atoms with Crippen LogP contribution in [0.2, 0.25) is 0 Å². The third kappa shape index (κ3) is 2.26. The first-order valence-corrected chi connectivity index (χ1v) is 3.93. The highest BCUT2D eigenvalue weighted by atomic mass is 19.4. The highest BCUT2D eigenvalue weighted by Crippen LogP contribution is 2.59. The van der Waals surface area contributed by atoms with Crippen molar-refractivity contribution in [1.82, 2.24) is 5.73 Å². The molecule has 14 heteroatoms. The number of rotatable bonds is 4. The predicted molar refractivity (Wildman–Crippen MR) is 32.9 cm³/mol. The molecule has 20 heavy (non-hydrogen) atoms. The minimum atomic E-state index is -7.96. The van der Waals surface area contributed by atoms with E-state index in [0.717, 1.165) is 0 Å². The first-order chi connectivity index (χ1) is 8.25. The van der Waals surface area contributed by atoms with Gasteiger partial charge in [-0.15, -0.1) is 0 Å². The Morgan fingerprint density at radius 3 is 0.850 bits per heavy atom. The van der Waals surface area contributed by atoms with Gasteiger partial charge in [0.15, 0.2) is 0 Å². The van der Waals surface area contributed by atoms with Crippen molar-refractivity contribution in [2.24, 2.45) is 0 Å². The second-order valence-corrected chi connectivity index (χ2v) is 3.34. The molecule has 0 heterocycles. The van der Waals surface area contributed by atoms with Gasteiger partial charge < -0.3 is 0 Å². The van der Waals surface area contributed by atoms with Crippen molar-refractivity contribution in [3.8, 4) is 0 Å². The lowest BCUT2D eigenvalue weighted by Crippen LogP contribution is -2.70. The van der Waals surface area contributed by atoms with Gasteiger partial charge in [-0.25, -0.2) is 0 Å². The molecule has 0 amide bonds. The summed E-state index contributed by atoms with van der Waals surface area (Å²) >= 11 is 0. The van der Waals surface area contributed by atoms with Crippen LogP contribution in [0.25, 0.3) is 0 Å². The summed E-state index contributed by atoms with van der Waals surface area (Å²) < 4.78 is 156. The summed E-state index contributed by atoms with van der Waals surface area (Å²) in [6.07, 6.45) is -7.44. The van der Waals surface area contributed by atoms with Crippen LogP contribution in [0.15, 0.2) is 0 Å². The van der Waals surface area contributed by atoms with E-state index in [0.29, 0.717) is 0 Å². The summed E-state index contributed by atoms with van der Waals surface area (Å²) in [6.45, 7) is 0. The first-order valence-electron chi connectivity index (χ1n) is 3.93. The van der Waals surface area contributed by atoms with Gasteiger partial charge >= 0.3 is 35.9 Å². The standard InChI is InChI=1S/C6F13N/c7-1(8,3(11,12)5(15,16)17)2(9,10)4(13,14)6(18,19)20. The van der Waals surface area contributed by atoms with Gasteiger partial charge in [0.05, 0.1) is 0 Å². The fourth-order valence-corrected chi connectivity index (χ4v) is 0.761. The molecule has 0 aliphatic rings. The van der Waals surface area contributed by atoms with Gasteiger partial charge in [0.1, 0.15) is 0 Å². The third-order valence-corrected chi connectivity index (χ3v) is 1.92. The molecule has 0 saturated heterocycles. The number of halogens is 13. The van der Waals surface area contributed by atoms with E-state index in [2.05, 4.69) is 0 Å². The summed E-state index contributed by atoms with van der Waals surface area (Å²) in [5.41, 5.74) is 7.29. The van der Waals surface area contributed by atoms with E-state index in [1.807, 2.05) is 0 Å². The summed E-state index contributed by atoms with van der Waals surface area (Å²) in [6, 6.07) is -6.98. The summed E-state index contributed by atoms with van der Waals surface area (Å²) in [5.74, 6) is -31.2. The Labute approximate surface area is 100 Å². The largest absolute Gasteiger partial charge is 0.460 e. The van der Waals surface area contributed by atoms with Crippen LogP contribution < -0.4 is 5.73 Å². The van der Waals surface area contributed by atoms with E-state index in [1.54, 1.807) is 0 Å². The molecular formula is C6F13N. The van der Waals surface area contributed by atoms with Crippen molar-refractivity contribution in [3.05, 3.63) is 0 Å². The fraction of sp³-hybridized carbons (Fsp3) is 1.00. The van der Waals surface area contributed by atoms with Gasteiger partial charge in [0, 0.05) is 0 Å². The molecule has 0 aromatic heterocycles. The Bertz CT molecular complexity index is 324. The van der Waals surface area contributed by atoms with Crippen LogP contribution in [0.3, 0.4) is 0 Å². The third-order valence-electron chi connectivity index (χ3n) is 1.92. The predicted octanol–water partition coefficient (Wildman–Crippen LogP) is 3.75. The van der Waals surface area contributed by atoms with Crippen molar-refractivity contribution in [2.45, 2.75) is 35.9 Å². The topological polar surface area (TPSA) is 22.3 Å². The first kappa shape index (κ1) is 19.1. The van der Waals surface area contributed by atoms with Gasteiger partial charge in [-0.05, 0) is 0 Å². The molecule has 0 unspecified atom stereocenters. The molecule has 0 aromatic rings. The SMILES string of the molecule is [N]C(F)(F)C(F)(F)C(F)(F)C(F)(F)C(F)(F)C(F)(F)F. The average molecular weight is 333 g/mol. The zero-order chi connectivity index (χ0) is 17.0. The molecule has 0 bridgehead atoms. The lowest BCUT2D eigenvalue weighted by Gasteiger charge is -2.38. The number of nitrogens with zero attached hydrogens (tertiary/aromatic N) is 1. The van der Waals surface area contributed by atoms with E-state index >= 15 is 0 Å². The molecule has 0 aromatic carbocycles. The van der Waals surface area contributed by atoms with Gasteiger partial charge in [-0.1, -0.05) is 5.73 Å². The normalized spacial score (nSPS) is 16.5. The highest BCUT2D eigenvalue weighted by molar-refractivity contribution is 5.08. The maximum Gasteiger partial charge on any atom is 0.460 e. The summed E-state index contributed by atoms with van der Waals surface area (Å²) in [5, 5.41) is 0. The van der Waals surface area contributed by atoms with Crippen LogP contribution in [0.4, 0.5) is 57.1 Å². The second kappa shape index (κ2) is 4.27.